The third-order valence-corrected chi connectivity index (χ3v) is 4.79. The maximum atomic E-state index is 12.5. The minimum absolute atomic E-state index is 0.174. The second-order valence-electron chi connectivity index (χ2n) is 6.40. The van der Waals surface area contributed by atoms with Crippen molar-refractivity contribution in [1.29, 1.82) is 0 Å². The Morgan fingerprint density at radius 1 is 1.04 bits per heavy atom. The fourth-order valence-corrected chi connectivity index (χ4v) is 3.51. The molecule has 3 N–H and O–H groups in total. The summed E-state index contributed by atoms with van der Waals surface area (Å²) in [5.74, 6) is -0.295. The van der Waals surface area contributed by atoms with E-state index in [9.17, 15) is 14.7 Å². The number of aromatic hydroxyl groups is 1. The number of fused-ring (bicyclic) bond motifs is 1. The molecule has 1 aliphatic heterocycles. The van der Waals surface area contributed by atoms with E-state index < -0.39 is 17.3 Å². The number of nitrogens with one attached hydrogen (secondary N) is 2. The van der Waals surface area contributed by atoms with Gasteiger partial charge < -0.3 is 10.4 Å². The summed E-state index contributed by atoms with van der Waals surface area (Å²) in [6.45, 7) is 0.877. The van der Waals surface area contributed by atoms with E-state index in [1.807, 2.05) is 54.6 Å². The molecular formula is C20H19N3O3. The van der Waals surface area contributed by atoms with E-state index in [0.717, 1.165) is 23.1 Å². The zero-order valence-electron chi connectivity index (χ0n) is 14.1. The summed E-state index contributed by atoms with van der Waals surface area (Å²) in [5, 5.41) is 14.1. The Balaban J connectivity index is 1.85. The maximum Gasteiger partial charge on any atom is 0.331 e. The van der Waals surface area contributed by atoms with Gasteiger partial charge >= 0.3 is 5.69 Å². The van der Waals surface area contributed by atoms with Gasteiger partial charge in [0.25, 0.3) is 5.56 Å². The Morgan fingerprint density at radius 3 is 2.58 bits per heavy atom. The van der Waals surface area contributed by atoms with E-state index in [0.29, 0.717) is 6.54 Å². The molecule has 6 heteroatoms. The standard InChI is InChI=1S/C20H19N3O3/c24-18-16(17-15-9-5-4-8-14(15)10-11-21-17)19(25)23(20(26)22-18)12-13-6-2-1-3-7-13/h1-9,17,21,25H,10-12H2,(H,22,24,26)/t17-/m0/s1. The lowest BCUT2D eigenvalue weighted by molar-refractivity contribution is 0.391. The van der Waals surface area contributed by atoms with Crippen molar-refractivity contribution in [1.82, 2.24) is 14.9 Å². The van der Waals surface area contributed by atoms with E-state index in [4.69, 9.17) is 0 Å². The molecular weight excluding hydrogens is 330 g/mol. The molecule has 0 saturated carbocycles. The highest BCUT2D eigenvalue weighted by Gasteiger charge is 2.28. The van der Waals surface area contributed by atoms with Crippen molar-refractivity contribution >= 4 is 0 Å². The maximum absolute atomic E-state index is 12.5. The molecule has 2 heterocycles. The van der Waals surface area contributed by atoms with Crippen molar-refractivity contribution in [3.8, 4) is 5.88 Å². The first-order valence-corrected chi connectivity index (χ1v) is 8.56. The Bertz CT molecular complexity index is 1050. The quantitative estimate of drug-likeness (QED) is 0.669. The SMILES string of the molecule is O=c1[nH]c(=O)n(Cc2ccccc2)c(O)c1[C@H]1NCCc2ccccc21. The van der Waals surface area contributed by atoms with Gasteiger partial charge in [0.05, 0.1) is 18.2 Å². The molecule has 0 bridgehead atoms. The highest BCUT2D eigenvalue weighted by molar-refractivity contribution is 5.42. The van der Waals surface area contributed by atoms with Crippen LogP contribution in [0.2, 0.25) is 0 Å². The van der Waals surface area contributed by atoms with Gasteiger partial charge in [0, 0.05) is 6.54 Å². The molecule has 1 aromatic heterocycles. The number of hydrogen-bond donors (Lipinski definition) is 3. The number of H-pyrrole nitrogens is 1. The van der Waals surface area contributed by atoms with Crippen LogP contribution in [0.1, 0.15) is 28.3 Å². The van der Waals surface area contributed by atoms with Gasteiger partial charge in [-0.2, -0.15) is 0 Å². The zero-order chi connectivity index (χ0) is 18.1. The minimum atomic E-state index is -0.621. The first-order chi connectivity index (χ1) is 12.6. The van der Waals surface area contributed by atoms with Crippen LogP contribution in [0.15, 0.2) is 64.2 Å². The predicted molar refractivity (Wildman–Crippen MR) is 98.5 cm³/mol. The van der Waals surface area contributed by atoms with Crippen LogP contribution in [-0.4, -0.2) is 21.2 Å². The van der Waals surface area contributed by atoms with E-state index in [-0.39, 0.29) is 18.0 Å². The Hall–Kier alpha value is -3.12. The smallest absolute Gasteiger partial charge is 0.331 e. The van der Waals surface area contributed by atoms with Gasteiger partial charge in [0.1, 0.15) is 0 Å². The normalized spacial score (nSPS) is 16.2. The first-order valence-electron chi connectivity index (χ1n) is 8.56. The summed E-state index contributed by atoms with van der Waals surface area (Å²) < 4.78 is 1.20. The van der Waals surface area contributed by atoms with Crippen LogP contribution in [0, 0.1) is 0 Å². The summed E-state index contributed by atoms with van der Waals surface area (Å²) >= 11 is 0. The predicted octanol–water partition coefficient (Wildman–Crippen LogP) is 1.53. The van der Waals surface area contributed by atoms with E-state index in [1.54, 1.807) is 0 Å². The van der Waals surface area contributed by atoms with Crippen molar-refractivity contribution in [2.75, 3.05) is 6.54 Å². The summed E-state index contributed by atoms with van der Waals surface area (Å²) in [6.07, 6.45) is 0.856. The molecule has 0 amide bonds. The molecule has 2 aromatic carbocycles. The van der Waals surface area contributed by atoms with Crippen LogP contribution in [0.5, 0.6) is 5.88 Å². The summed E-state index contributed by atoms with van der Waals surface area (Å²) in [6, 6.07) is 16.7. The summed E-state index contributed by atoms with van der Waals surface area (Å²) in [7, 11) is 0. The van der Waals surface area contributed by atoms with Crippen molar-refractivity contribution in [2.45, 2.75) is 19.0 Å². The fourth-order valence-electron chi connectivity index (χ4n) is 3.51. The minimum Gasteiger partial charge on any atom is -0.494 e. The Kier molecular flexibility index (Phi) is 4.18. The molecule has 0 aliphatic carbocycles. The number of aromatic nitrogens is 2. The lowest BCUT2D eigenvalue weighted by Crippen LogP contribution is -2.39. The highest BCUT2D eigenvalue weighted by Crippen LogP contribution is 2.30. The number of aromatic amines is 1. The molecule has 4 rings (SSSR count). The van der Waals surface area contributed by atoms with Crippen LogP contribution in [-0.2, 0) is 13.0 Å². The zero-order valence-corrected chi connectivity index (χ0v) is 14.1. The second kappa shape index (κ2) is 6.65. The largest absolute Gasteiger partial charge is 0.494 e. The number of benzene rings is 2. The van der Waals surface area contributed by atoms with Gasteiger partial charge in [-0.3, -0.25) is 14.3 Å². The molecule has 132 valence electrons. The van der Waals surface area contributed by atoms with Crippen molar-refractivity contribution in [3.63, 3.8) is 0 Å². The summed E-state index contributed by atoms with van der Waals surface area (Å²) in [5.41, 5.74) is 1.93. The molecule has 0 fully saturated rings. The lowest BCUT2D eigenvalue weighted by Gasteiger charge is -2.27. The highest BCUT2D eigenvalue weighted by atomic mass is 16.3. The fraction of sp³-hybridized carbons (Fsp3) is 0.200. The molecule has 0 saturated heterocycles. The van der Waals surface area contributed by atoms with E-state index in [2.05, 4.69) is 10.3 Å². The molecule has 0 unspecified atom stereocenters. The van der Waals surface area contributed by atoms with Crippen molar-refractivity contribution < 1.29 is 5.11 Å². The lowest BCUT2D eigenvalue weighted by atomic mass is 9.90. The monoisotopic (exact) mass is 349 g/mol. The van der Waals surface area contributed by atoms with Gasteiger partial charge in [-0.1, -0.05) is 54.6 Å². The van der Waals surface area contributed by atoms with Crippen LogP contribution < -0.4 is 16.6 Å². The third kappa shape index (κ3) is 2.84. The molecule has 0 spiro atoms. The van der Waals surface area contributed by atoms with Crippen LogP contribution in [0.4, 0.5) is 0 Å². The number of rotatable bonds is 3. The van der Waals surface area contributed by atoms with Crippen LogP contribution >= 0.6 is 0 Å². The van der Waals surface area contributed by atoms with Gasteiger partial charge in [-0.25, -0.2) is 4.79 Å². The molecule has 3 aromatic rings. The average Bonchev–Trinajstić information content (AvgIpc) is 2.66. The molecule has 1 atom stereocenters. The van der Waals surface area contributed by atoms with Crippen molar-refractivity contribution in [3.05, 3.63) is 97.7 Å². The average molecular weight is 349 g/mol. The first kappa shape index (κ1) is 16.4. The van der Waals surface area contributed by atoms with Gasteiger partial charge in [-0.15, -0.1) is 0 Å². The van der Waals surface area contributed by atoms with Gasteiger partial charge in [-0.05, 0) is 23.1 Å². The van der Waals surface area contributed by atoms with E-state index in [1.165, 1.54) is 4.57 Å². The summed E-state index contributed by atoms with van der Waals surface area (Å²) in [4.78, 5) is 27.1. The number of nitrogens with zero attached hydrogens (tertiary/aromatic N) is 1. The third-order valence-electron chi connectivity index (χ3n) is 4.79. The van der Waals surface area contributed by atoms with E-state index >= 15 is 0 Å². The topological polar surface area (TPSA) is 87.1 Å². The number of hydrogen-bond acceptors (Lipinski definition) is 4. The van der Waals surface area contributed by atoms with Crippen molar-refractivity contribution in [2.24, 2.45) is 0 Å². The Labute approximate surface area is 149 Å². The molecule has 6 nitrogen and oxygen atoms in total. The van der Waals surface area contributed by atoms with Gasteiger partial charge in [0.2, 0.25) is 5.88 Å². The molecule has 26 heavy (non-hydrogen) atoms. The van der Waals surface area contributed by atoms with Crippen LogP contribution in [0.25, 0.3) is 0 Å². The van der Waals surface area contributed by atoms with Gasteiger partial charge in [0.15, 0.2) is 0 Å². The molecule has 0 radical (unpaired) electrons. The second-order valence-corrected chi connectivity index (χ2v) is 6.40. The Morgan fingerprint density at radius 2 is 1.77 bits per heavy atom. The molecule has 1 aliphatic rings. The van der Waals surface area contributed by atoms with Crippen LogP contribution in [0.3, 0.4) is 0 Å².